The molecule has 35 heavy (non-hydrogen) atoms. The second kappa shape index (κ2) is 22.3. The van der Waals surface area contributed by atoms with E-state index in [1.54, 1.807) is 30.4 Å². The van der Waals surface area contributed by atoms with Crippen molar-refractivity contribution in [2.75, 3.05) is 13.1 Å². The van der Waals surface area contributed by atoms with Crippen LogP contribution in [-0.2, 0) is 4.79 Å². The second-order valence-electron chi connectivity index (χ2n) is 7.19. The van der Waals surface area contributed by atoms with Crippen molar-refractivity contribution >= 4 is 55.3 Å². The number of allylic oxidation sites excluding steroid dienone is 4. The molecule has 0 unspecified atom stereocenters. The molecule has 190 valence electrons. The summed E-state index contributed by atoms with van der Waals surface area (Å²) < 4.78 is 0.509. The molecule has 0 aromatic heterocycles. The molecular weight excluding hydrogens is 596 g/mol. The molecule has 0 heterocycles. The maximum absolute atomic E-state index is 11.9. The van der Waals surface area contributed by atoms with Crippen LogP contribution in [0, 0.1) is 36.0 Å². The first-order valence-electron chi connectivity index (χ1n) is 11.1. The lowest BCUT2D eigenvalue weighted by Gasteiger charge is -2.20. The summed E-state index contributed by atoms with van der Waals surface area (Å²) in [5.74, 6) is 14.2. The Bertz CT molecular complexity index is 914. The van der Waals surface area contributed by atoms with Gasteiger partial charge in [-0.05, 0) is 37.5 Å². The highest BCUT2D eigenvalue weighted by Crippen LogP contribution is 2.25. The fraction of sp³-hybridized carbons (Fsp3) is 0.462. The lowest BCUT2D eigenvalue weighted by Crippen LogP contribution is -2.29. The van der Waals surface area contributed by atoms with Gasteiger partial charge in [0, 0.05) is 48.1 Å². The van der Waals surface area contributed by atoms with E-state index in [1.807, 2.05) is 0 Å². The largest absolute Gasteiger partial charge is 0.386 e. The Balaban J connectivity index is 4.28. The fourth-order valence-electron chi connectivity index (χ4n) is 2.38. The van der Waals surface area contributed by atoms with Gasteiger partial charge < -0.3 is 21.9 Å². The molecule has 6 N–H and O–H groups in total. The van der Waals surface area contributed by atoms with Gasteiger partial charge in [-0.25, -0.2) is 0 Å². The zero-order chi connectivity index (χ0) is 26.3. The smallest absolute Gasteiger partial charge is 0.223 e. The Kier molecular flexibility index (Phi) is 21.0. The number of aliphatic imine (C=N–C) groups is 1. The normalized spacial score (nSPS) is 13.6. The molecule has 0 aliphatic heterocycles. The molecule has 1 amide bonds. The number of aliphatic hydroxyl groups is 1. The SMILES string of the molecule is C#CCCC#C/C=C/C#CC[C@H](Br)[C@@H](Cl)[C@H](O)/C(Br)=C/C=C\CC(=O)NCCCCCN=C(N)N. The van der Waals surface area contributed by atoms with E-state index in [4.69, 9.17) is 29.5 Å². The molecule has 0 rings (SSSR count). The Morgan fingerprint density at radius 2 is 1.89 bits per heavy atom. The number of rotatable bonds is 14. The van der Waals surface area contributed by atoms with E-state index in [2.05, 4.69) is 71.8 Å². The van der Waals surface area contributed by atoms with Crippen molar-refractivity contribution in [3.8, 4) is 36.0 Å². The van der Waals surface area contributed by atoms with Crippen molar-refractivity contribution in [2.24, 2.45) is 16.5 Å². The zero-order valence-electron chi connectivity index (χ0n) is 19.7. The maximum Gasteiger partial charge on any atom is 0.223 e. The molecule has 6 nitrogen and oxygen atoms in total. The molecule has 0 bridgehead atoms. The molecule has 0 saturated heterocycles. The highest BCUT2D eigenvalue weighted by molar-refractivity contribution is 9.11. The summed E-state index contributed by atoms with van der Waals surface area (Å²) in [6.45, 7) is 1.20. The van der Waals surface area contributed by atoms with Crippen LogP contribution in [0.2, 0.25) is 0 Å². The standard InChI is InChI=1S/C26H33Br2ClN4O2/c1-2-3-4-5-6-7-8-9-11-16-21(27)24(29)25(35)22(28)17-12-13-18-23(34)32-19-14-10-15-20-33-26(30)31/h1,7-8,12-13,17,21,24-25,35H,3-4,10,14-16,18-20H2,(H,32,34)(H4,30,31,33)/b8-7+,13-12-,22-17-/t21-,24+,25+/m0/s1. The lowest BCUT2D eigenvalue weighted by molar-refractivity contribution is -0.120. The van der Waals surface area contributed by atoms with Gasteiger partial charge in [0.05, 0.1) is 5.38 Å². The number of hydrogen-bond acceptors (Lipinski definition) is 3. The van der Waals surface area contributed by atoms with Crippen molar-refractivity contribution in [2.45, 2.75) is 61.3 Å². The van der Waals surface area contributed by atoms with Crippen LogP contribution < -0.4 is 16.8 Å². The number of halogens is 3. The van der Waals surface area contributed by atoms with Crippen LogP contribution in [-0.4, -0.2) is 46.4 Å². The highest BCUT2D eigenvalue weighted by atomic mass is 79.9. The highest BCUT2D eigenvalue weighted by Gasteiger charge is 2.25. The number of carbonyl (C=O) groups excluding carboxylic acids is 1. The first-order valence-corrected chi connectivity index (χ1v) is 13.3. The van der Waals surface area contributed by atoms with E-state index in [-0.39, 0.29) is 23.1 Å². The van der Waals surface area contributed by atoms with Crippen LogP contribution in [0.4, 0.5) is 0 Å². The summed E-state index contributed by atoms with van der Waals surface area (Å²) in [4.78, 5) is 15.5. The Morgan fingerprint density at radius 1 is 1.17 bits per heavy atom. The Hall–Kier alpha value is -2.15. The van der Waals surface area contributed by atoms with E-state index in [0.717, 1.165) is 19.3 Å². The van der Waals surface area contributed by atoms with Gasteiger partial charge in [-0.1, -0.05) is 67.7 Å². The van der Waals surface area contributed by atoms with Gasteiger partial charge in [-0.3, -0.25) is 9.79 Å². The van der Waals surface area contributed by atoms with Gasteiger partial charge in [0.1, 0.15) is 6.10 Å². The molecule has 0 aliphatic carbocycles. The number of hydrogen-bond donors (Lipinski definition) is 4. The van der Waals surface area contributed by atoms with Crippen LogP contribution in [0.3, 0.4) is 0 Å². The summed E-state index contributed by atoms with van der Waals surface area (Å²) in [5.41, 5.74) is 10.5. The van der Waals surface area contributed by atoms with Crippen LogP contribution in [0.1, 0.15) is 44.9 Å². The maximum atomic E-state index is 11.9. The minimum Gasteiger partial charge on any atom is -0.386 e. The van der Waals surface area contributed by atoms with Gasteiger partial charge in [-0.2, -0.15) is 0 Å². The first-order chi connectivity index (χ1) is 16.8. The van der Waals surface area contributed by atoms with E-state index >= 15 is 0 Å². The van der Waals surface area contributed by atoms with Crippen molar-refractivity contribution in [1.29, 1.82) is 0 Å². The van der Waals surface area contributed by atoms with Crippen LogP contribution in [0.5, 0.6) is 0 Å². The number of amides is 1. The molecule has 0 aromatic rings. The van der Waals surface area contributed by atoms with E-state index in [1.165, 1.54) is 0 Å². The summed E-state index contributed by atoms with van der Waals surface area (Å²) in [6, 6.07) is 0. The van der Waals surface area contributed by atoms with Crippen LogP contribution in [0.25, 0.3) is 0 Å². The number of nitrogens with zero attached hydrogens (tertiary/aromatic N) is 1. The molecule has 3 atom stereocenters. The van der Waals surface area contributed by atoms with Crippen molar-refractivity contribution in [3.63, 3.8) is 0 Å². The van der Waals surface area contributed by atoms with Gasteiger partial charge in [-0.15, -0.1) is 23.9 Å². The number of aliphatic hydroxyl groups excluding tert-OH is 1. The topological polar surface area (TPSA) is 114 Å². The summed E-state index contributed by atoms with van der Waals surface area (Å²) in [5, 5.41) is 12.7. The Labute approximate surface area is 231 Å². The Morgan fingerprint density at radius 3 is 2.57 bits per heavy atom. The summed E-state index contributed by atoms with van der Waals surface area (Å²) in [6.07, 6.45) is 17.3. The third-order valence-electron chi connectivity index (χ3n) is 4.22. The molecule has 0 saturated carbocycles. The summed E-state index contributed by atoms with van der Waals surface area (Å²) >= 11 is 13.2. The molecule has 0 aromatic carbocycles. The van der Waals surface area contributed by atoms with Crippen LogP contribution in [0.15, 0.2) is 39.9 Å². The third kappa shape index (κ3) is 19.8. The molecular formula is C26H33Br2ClN4O2. The molecule has 0 spiro atoms. The fourth-order valence-corrected chi connectivity index (χ4v) is 3.65. The quantitative estimate of drug-likeness (QED) is 0.0584. The number of terminal acetylenes is 1. The van der Waals surface area contributed by atoms with Crippen LogP contribution >= 0.6 is 43.5 Å². The predicted molar refractivity (Wildman–Crippen MR) is 154 cm³/mol. The average molecular weight is 629 g/mol. The first kappa shape index (κ1) is 32.8. The number of carbonyl (C=O) groups is 1. The minimum absolute atomic E-state index is 0.0718. The van der Waals surface area contributed by atoms with E-state index in [9.17, 15) is 9.90 Å². The number of nitrogens with two attached hydrogens (primary N) is 2. The number of unbranched alkanes of at least 4 members (excludes halogenated alkanes) is 3. The van der Waals surface area contributed by atoms with Crippen molar-refractivity contribution < 1.29 is 9.90 Å². The monoisotopic (exact) mass is 626 g/mol. The molecule has 9 heteroatoms. The third-order valence-corrected chi connectivity index (χ3v) is 6.70. The number of nitrogens with one attached hydrogen (secondary N) is 1. The minimum atomic E-state index is -0.933. The van der Waals surface area contributed by atoms with E-state index < -0.39 is 11.5 Å². The predicted octanol–water partition coefficient (Wildman–Crippen LogP) is 3.87. The van der Waals surface area contributed by atoms with Crippen molar-refractivity contribution in [1.82, 2.24) is 5.32 Å². The lowest BCUT2D eigenvalue weighted by atomic mass is 10.1. The van der Waals surface area contributed by atoms with Crippen molar-refractivity contribution in [3.05, 3.63) is 34.9 Å². The van der Waals surface area contributed by atoms with Gasteiger partial charge in [0.2, 0.25) is 5.91 Å². The number of alkyl halides is 2. The average Bonchev–Trinajstić information content (AvgIpc) is 2.83. The van der Waals surface area contributed by atoms with Gasteiger partial charge in [0.15, 0.2) is 5.96 Å². The summed E-state index contributed by atoms with van der Waals surface area (Å²) in [7, 11) is 0. The van der Waals surface area contributed by atoms with E-state index in [0.29, 0.717) is 36.8 Å². The van der Waals surface area contributed by atoms with Gasteiger partial charge in [0.25, 0.3) is 0 Å². The molecule has 0 fully saturated rings. The zero-order valence-corrected chi connectivity index (χ0v) is 23.6. The molecule has 0 aliphatic rings. The number of guanidine groups is 1. The van der Waals surface area contributed by atoms with Gasteiger partial charge >= 0.3 is 0 Å². The molecule has 0 radical (unpaired) electrons. The second-order valence-corrected chi connectivity index (χ2v) is 9.79.